The zero-order valence-corrected chi connectivity index (χ0v) is 25.0. The van der Waals surface area contributed by atoms with Crippen LogP contribution >= 0.6 is 7.82 Å². The highest BCUT2D eigenvalue weighted by atomic mass is 31.2. The van der Waals surface area contributed by atoms with E-state index in [-0.39, 0.29) is 21.7 Å². The summed E-state index contributed by atoms with van der Waals surface area (Å²) in [6, 6.07) is 0. The molecule has 208 valence electrons. The van der Waals surface area contributed by atoms with E-state index in [9.17, 15) is 19.5 Å². The molecule has 4 aliphatic rings. The van der Waals surface area contributed by atoms with Gasteiger partial charge in [-0.2, -0.15) is 0 Å². The third kappa shape index (κ3) is 4.51. The molecule has 0 heterocycles. The Morgan fingerprint density at radius 1 is 0.944 bits per heavy atom. The number of phosphoric acid groups is 1. The first-order chi connectivity index (χ1) is 16.4. The molecule has 5 nitrogen and oxygen atoms in total. The number of fused-ring (bicyclic) bond motifs is 5. The van der Waals surface area contributed by atoms with E-state index in [1.807, 2.05) is 0 Å². The molecule has 6 heteroatoms. The number of aliphatic hydroxyl groups is 1. The first-order valence-electron chi connectivity index (χ1n) is 14.5. The molecular weight excluding hydrogens is 471 g/mol. The second-order valence-corrected chi connectivity index (χ2v) is 16.1. The lowest BCUT2D eigenvalue weighted by Gasteiger charge is -2.70. The highest BCUT2D eigenvalue weighted by Gasteiger charge is 2.69. The highest BCUT2D eigenvalue weighted by Crippen LogP contribution is 2.76. The normalized spacial score (nSPS) is 45.7. The van der Waals surface area contributed by atoms with Crippen LogP contribution in [0.4, 0.5) is 0 Å². The number of phosphoric ester groups is 1. The molecule has 4 rings (SSSR count). The Hall–Kier alpha value is -0.190. The van der Waals surface area contributed by atoms with Gasteiger partial charge in [-0.25, -0.2) is 4.57 Å². The molecule has 4 fully saturated rings. The molecule has 0 aliphatic heterocycles. The van der Waals surface area contributed by atoms with E-state index in [1.54, 1.807) is 0 Å². The Kier molecular flexibility index (Phi) is 7.35. The van der Waals surface area contributed by atoms with Gasteiger partial charge in [-0.3, -0.25) is 4.52 Å². The van der Waals surface area contributed by atoms with Crippen molar-refractivity contribution in [3.05, 3.63) is 11.6 Å². The predicted molar refractivity (Wildman–Crippen MR) is 145 cm³/mol. The smallest absolute Gasteiger partial charge is 0.390 e. The molecule has 36 heavy (non-hydrogen) atoms. The monoisotopic (exact) mass is 524 g/mol. The molecule has 0 aromatic heterocycles. The van der Waals surface area contributed by atoms with E-state index in [1.165, 1.54) is 24.8 Å². The Morgan fingerprint density at radius 2 is 1.58 bits per heavy atom. The molecule has 0 radical (unpaired) electrons. The molecule has 0 bridgehead atoms. The van der Waals surface area contributed by atoms with Crippen molar-refractivity contribution < 1.29 is 24.0 Å². The fourth-order valence-electron chi connectivity index (χ4n) is 10.7. The third-order valence-corrected chi connectivity index (χ3v) is 13.1. The summed E-state index contributed by atoms with van der Waals surface area (Å²) in [5.74, 6) is 1.90. The molecule has 0 aromatic carbocycles. The fourth-order valence-corrected chi connectivity index (χ4v) is 11.4. The Bertz CT molecular complexity index is 916. The average Bonchev–Trinajstić information content (AvgIpc) is 3.08. The van der Waals surface area contributed by atoms with E-state index < -0.39 is 19.5 Å². The minimum Gasteiger partial charge on any atom is -0.390 e. The fraction of sp³-hybridized carbons (Fsp3) is 0.933. The Balaban J connectivity index is 1.59. The van der Waals surface area contributed by atoms with Gasteiger partial charge in [0.2, 0.25) is 0 Å². The SMILES string of the molecule is CC(C)=CCCC(C)(O)C1CC[C@]2(C)C1CCC1[C@@]3(C)CC[C@H](OP(=O)(O)O)C(C)(C)C3CC[C@]12C. The van der Waals surface area contributed by atoms with Crippen molar-refractivity contribution in [3.8, 4) is 0 Å². The van der Waals surface area contributed by atoms with E-state index >= 15 is 0 Å². The largest absolute Gasteiger partial charge is 0.469 e. The molecule has 9 atom stereocenters. The lowest BCUT2D eigenvalue weighted by atomic mass is 9.35. The van der Waals surface area contributed by atoms with Gasteiger partial charge >= 0.3 is 7.82 Å². The zero-order valence-electron chi connectivity index (χ0n) is 24.1. The van der Waals surface area contributed by atoms with Gasteiger partial charge < -0.3 is 14.9 Å². The lowest BCUT2D eigenvalue weighted by Crippen LogP contribution is -2.64. The van der Waals surface area contributed by atoms with Crippen LogP contribution < -0.4 is 0 Å². The van der Waals surface area contributed by atoms with Gasteiger partial charge in [0.05, 0.1) is 11.7 Å². The van der Waals surface area contributed by atoms with E-state index in [0.717, 1.165) is 38.5 Å². The summed E-state index contributed by atoms with van der Waals surface area (Å²) in [5, 5.41) is 11.7. The molecule has 0 aromatic rings. The molecule has 4 aliphatic carbocycles. The van der Waals surface area contributed by atoms with Gasteiger partial charge in [0.25, 0.3) is 0 Å². The van der Waals surface area contributed by atoms with Crippen molar-refractivity contribution in [2.75, 3.05) is 0 Å². The zero-order chi connectivity index (χ0) is 26.9. The maximum atomic E-state index is 11.7. The van der Waals surface area contributed by atoms with E-state index in [2.05, 4.69) is 61.5 Å². The topological polar surface area (TPSA) is 87.0 Å². The maximum absolute atomic E-state index is 11.7. The van der Waals surface area contributed by atoms with Gasteiger partial charge in [0.1, 0.15) is 0 Å². The van der Waals surface area contributed by atoms with Crippen LogP contribution in [-0.2, 0) is 9.09 Å². The minimum atomic E-state index is -4.52. The molecule has 4 saturated carbocycles. The Labute approximate surface area is 220 Å². The average molecular weight is 525 g/mol. The summed E-state index contributed by atoms with van der Waals surface area (Å²) in [6.07, 6.45) is 12.3. The molecular formula is C30H53O5P. The van der Waals surface area contributed by atoms with Gasteiger partial charge in [0.15, 0.2) is 0 Å². The van der Waals surface area contributed by atoms with Crippen LogP contribution in [-0.4, -0.2) is 26.6 Å². The maximum Gasteiger partial charge on any atom is 0.469 e. The summed E-state index contributed by atoms with van der Waals surface area (Å²) in [6.45, 7) is 18.3. The standard InChI is InChI=1S/C30H53O5P/c1-20(2)10-9-16-30(8,31)22-13-18-28(6)21(22)11-12-24-27(5)17-15-25(35-36(32,33)34)26(3,4)23(27)14-19-29(24,28)7/h10,21-25,31H,9,11-19H2,1-8H3,(H2,32,33,34)/t21?,22?,23?,24?,25-,27-,28+,29+,30?/m0/s1. The van der Waals surface area contributed by atoms with Gasteiger partial charge in [-0.15, -0.1) is 0 Å². The lowest BCUT2D eigenvalue weighted by molar-refractivity contribution is -0.223. The number of hydrogen-bond acceptors (Lipinski definition) is 3. The van der Waals surface area contributed by atoms with Crippen LogP contribution in [0, 0.1) is 45.3 Å². The number of rotatable bonds is 6. The highest BCUT2D eigenvalue weighted by molar-refractivity contribution is 7.46. The second kappa shape index (κ2) is 9.19. The molecule has 0 amide bonds. The van der Waals surface area contributed by atoms with E-state index in [0.29, 0.717) is 30.1 Å². The predicted octanol–water partition coefficient (Wildman–Crippen LogP) is 7.65. The van der Waals surface area contributed by atoms with Crippen molar-refractivity contribution in [2.45, 2.75) is 131 Å². The van der Waals surface area contributed by atoms with Crippen molar-refractivity contribution in [1.29, 1.82) is 0 Å². The van der Waals surface area contributed by atoms with Crippen molar-refractivity contribution in [2.24, 2.45) is 45.3 Å². The van der Waals surface area contributed by atoms with Crippen molar-refractivity contribution >= 4 is 7.82 Å². The third-order valence-electron chi connectivity index (χ3n) is 12.6. The quantitative estimate of drug-likeness (QED) is 0.245. The van der Waals surface area contributed by atoms with Crippen LogP contribution in [0.5, 0.6) is 0 Å². The van der Waals surface area contributed by atoms with Crippen molar-refractivity contribution in [3.63, 3.8) is 0 Å². The van der Waals surface area contributed by atoms with Crippen molar-refractivity contribution in [1.82, 2.24) is 0 Å². The first kappa shape index (κ1) is 28.8. The van der Waals surface area contributed by atoms with Crippen LogP contribution in [0.15, 0.2) is 11.6 Å². The van der Waals surface area contributed by atoms with E-state index in [4.69, 9.17) is 4.52 Å². The summed E-state index contributed by atoms with van der Waals surface area (Å²) in [4.78, 5) is 19.1. The molecule has 3 N–H and O–H groups in total. The summed E-state index contributed by atoms with van der Waals surface area (Å²) >= 11 is 0. The minimum absolute atomic E-state index is 0.142. The molecule has 5 unspecified atom stereocenters. The van der Waals surface area contributed by atoms with Gasteiger partial charge in [-0.05, 0) is 130 Å². The number of allylic oxidation sites excluding steroid dienone is 2. The first-order valence-corrected chi connectivity index (χ1v) is 16.0. The van der Waals surface area contributed by atoms with Crippen LogP contribution in [0.3, 0.4) is 0 Å². The van der Waals surface area contributed by atoms with Crippen LogP contribution in [0.1, 0.15) is 120 Å². The summed E-state index contributed by atoms with van der Waals surface area (Å²) in [5.41, 5.74) is 1.00. The van der Waals surface area contributed by atoms with Gasteiger partial charge in [0, 0.05) is 0 Å². The summed E-state index contributed by atoms with van der Waals surface area (Å²) < 4.78 is 17.1. The molecule has 0 saturated heterocycles. The second-order valence-electron chi connectivity index (χ2n) is 14.9. The summed E-state index contributed by atoms with van der Waals surface area (Å²) in [7, 11) is -4.52. The Morgan fingerprint density at radius 3 is 2.19 bits per heavy atom. The molecule has 0 spiro atoms. The van der Waals surface area contributed by atoms with Crippen LogP contribution in [0.25, 0.3) is 0 Å². The number of hydrogen-bond donors (Lipinski definition) is 3. The van der Waals surface area contributed by atoms with Crippen LogP contribution in [0.2, 0.25) is 0 Å². The van der Waals surface area contributed by atoms with Gasteiger partial charge in [-0.1, -0.05) is 46.3 Å².